The van der Waals surface area contributed by atoms with Gasteiger partial charge in [-0.05, 0) is 93.6 Å². The molecule has 4 heterocycles. The summed E-state index contributed by atoms with van der Waals surface area (Å²) in [6.07, 6.45) is 14.8. The molecule has 9 aromatic rings. The van der Waals surface area contributed by atoms with Crippen molar-refractivity contribution in [2.75, 3.05) is 0 Å². The van der Waals surface area contributed by atoms with Gasteiger partial charge in [0.05, 0.1) is 5.56 Å². The first kappa shape index (κ1) is 36.8. The number of benzene rings is 6. The molecule has 0 saturated heterocycles. The molecule has 0 amide bonds. The normalized spacial score (nSPS) is 14.9. The van der Waals surface area contributed by atoms with Crippen molar-refractivity contribution >= 4 is 0 Å². The first-order valence-electron chi connectivity index (χ1n) is 20.6. The Bertz CT molecular complexity index is 3040. The monoisotopic (exact) mass is 799 g/mol. The number of pyridine rings is 2. The van der Waals surface area contributed by atoms with Crippen LogP contribution in [-0.2, 0) is 0 Å². The van der Waals surface area contributed by atoms with Gasteiger partial charge >= 0.3 is 0 Å². The lowest BCUT2D eigenvalue weighted by Gasteiger charge is -2.34. The topological polar surface area (TPSA) is 82.9 Å². The van der Waals surface area contributed by atoms with Crippen molar-refractivity contribution in [3.8, 4) is 101 Å². The number of aromatic nitrogens is 5. The third-order valence-electron chi connectivity index (χ3n) is 11.3. The summed E-state index contributed by atoms with van der Waals surface area (Å²) in [4.78, 5) is 24.0. The summed E-state index contributed by atoms with van der Waals surface area (Å²) in [7, 11) is 0. The lowest BCUT2D eigenvalue weighted by Crippen LogP contribution is -2.38. The van der Waals surface area contributed by atoms with E-state index in [1.165, 1.54) is 0 Å². The van der Waals surface area contributed by atoms with Gasteiger partial charge in [0, 0.05) is 52.6 Å². The third-order valence-corrected chi connectivity index (χ3v) is 11.3. The van der Waals surface area contributed by atoms with Crippen LogP contribution in [0.15, 0.2) is 213 Å². The summed E-state index contributed by atoms with van der Waals surface area (Å²) in [5.74, 6) is 2.87. The van der Waals surface area contributed by atoms with Crippen LogP contribution in [0.5, 0.6) is 11.5 Å². The number of ether oxygens (including phenoxy) is 2. The van der Waals surface area contributed by atoms with Gasteiger partial charge in [-0.3, -0.25) is 9.97 Å². The Morgan fingerprint density at radius 2 is 0.726 bits per heavy atom. The summed E-state index contributed by atoms with van der Waals surface area (Å²) in [6.45, 7) is 0. The summed E-state index contributed by atoms with van der Waals surface area (Å²) < 4.78 is 13.7. The van der Waals surface area contributed by atoms with E-state index in [2.05, 4.69) is 107 Å². The van der Waals surface area contributed by atoms with Crippen LogP contribution in [0.4, 0.5) is 0 Å². The van der Waals surface area contributed by atoms with Gasteiger partial charge in [0.2, 0.25) is 0 Å². The molecule has 0 bridgehead atoms. The van der Waals surface area contributed by atoms with Crippen molar-refractivity contribution in [1.82, 2.24) is 24.9 Å². The van der Waals surface area contributed by atoms with E-state index in [1.807, 2.05) is 103 Å². The zero-order valence-corrected chi connectivity index (χ0v) is 33.4. The van der Waals surface area contributed by atoms with Crippen molar-refractivity contribution in [3.63, 3.8) is 0 Å². The fourth-order valence-corrected chi connectivity index (χ4v) is 8.07. The Kier molecular flexibility index (Phi) is 9.52. The van der Waals surface area contributed by atoms with Gasteiger partial charge in [-0.2, -0.15) is 0 Å². The van der Waals surface area contributed by atoms with E-state index in [0.717, 1.165) is 72.3 Å². The van der Waals surface area contributed by atoms with Crippen LogP contribution in [0.3, 0.4) is 0 Å². The molecule has 11 rings (SSSR count). The van der Waals surface area contributed by atoms with Gasteiger partial charge in [-0.15, -0.1) is 0 Å². The molecule has 2 unspecified atom stereocenters. The molecular weight excluding hydrogens is 763 g/mol. The minimum Gasteiger partial charge on any atom is -0.478 e. The van der Waals surface area contributed by atoms with E-state index in [4.69, 9.17) is 24.4 Å². The Balaban J connectivity index is 1.01. The predicted molar refractivity (Wildman–Crippen MR) is 246 cm³/mol. The Morgan fingerprint density at radius 3 is 1.27 bits per heavy atom. The Labute approximate surface area is 359 Å². The molecule has 0 fully saturated rings. The van der Waals surface area contributed by atoms with Crippen LogP contribution in [0.2, 0.25) is 0 Å². The van der Waals surface area contributed by atoms with Gasteiger partial charge in [-0.1, -0.05) is 133 Å². The first-order valence-corrected chi connectivity index (χ1v) is 20.6. The quantitative estimate of drug-likeness (QED) is 0.151. The minimum atomic E-state index is -0.314. The molecule has 0 spiro atoms. The van der Waals surface area contributed by atoms with E-state index in [9.17, 15) is 0 Å². The number of fused-ring (bicyclic) bond motifs is 2. The molecular formula is C55H37N5O2. The minimum absolute atomic E-state index is 0.293. The summed E-state index contributed by atoms with van der Waals surface area (Å²) in [5, 5.41) is 0. The molecule has 294 valence electrons. The van der Waals surface area contributed by atoms with Gasteiger partial charge < -0.3 is 9.47 Å². The van der Waals surface area contributed by atoms with Crippen LogP contribution in [0.1, 0.15) is 0 Å². The number of nitrogens with zero attached hydrogens (tertiary/aromatic N) is 5. The fraction of sp³-hybridized carbons (Fsp3) is 0.0364. The van der Waals surface area contributed by atoms with Gasteiger partial charge in [0.25, 0.3) is 0 Å². The highest BCUT2D eigenvalue weighted by atomic mass is 16.6. The summed E-state index contributed by atoms with van der Waals surface area (Å²) in [5.41, 5.74) is 13.1. The maximum absolute atomic E-state index is 6.87. The van der Waals surface area contributed by atoms with Crippen LogP contribution in [-0.4, -0.2) is 37.1 Å². The molecule has 0 N–H and O–H groups in total. The van der Waals surface area contributed by atoms with Crippen molar-refractivity contribution in [2.45, 2.75) is 12.2 Å². The molecule has 1 aliphatic heterocycles. The molecule has 2 aliphatic rings. The molecule has 7 nitrogen and oxygen atoms in total. The molecule has 2 atom stereocenters. The van der Waals surface area contributed by atoms with Crippen molar-refractivity contribution in [3.05, 3.63) is 213 Å². The van der Waals surface area contributed by atoms with Gasteiger partial charge in [-0.25, -0.2) is 15.0 Å². The molecule has 62 heavy (non-hydrogen) atoms. The van der Waals surface area contributed by atoms with Gasteiger partial charge in [0.15, 0.2) is 41.2 Å². The molecule has 7 heteroatoms. The van der Waals surface area contributed by atoms with E-state index < -0.39 is 0 Å². The number of hydrogen-bond donors (Lipinski definition) is 0. The molecule has 0 saturated carbocycles. The average molecular weight is 800 g/mol. The van der Waals surface area contributed by atoms with E-state index in [1.54, 1.807) is 12.4 Å². The number of rotatable bonds is 8. The molecule has 1 aliphatic carbocycles. The average Bonchev–Trinajstić information content (AvgIpc) is 3.36. The maximum Gasteiger partial charge on any atom is 0.174 e. The van der Waals surface area contributed by atoms with E-state index >= 15 is 0 Å². The second kappa shape index (κ2) is 16.0. The van der Waals surface area contributed by atoms with Crippen molar-refractivity contribution < 1.29 is 9.47 Å². The SMILES string of the molecule is C1=CC2Oc3c(-c4ccc(-c5cc(-c6cccnc6)cc(-c6cccnc6)c5)cc4)ccc(-c4nc(-c5ccccc5)nc(-c5ccc(-c6ccccc6)cc5)n4)c3OC2C=C1. The zero-order valence-electron chi connectivity index (χ0n) is 33.4. The van der Waals surface area contributed by atoms with Crippen LogP contribution in [0.25, 0.3) is 89.8 Å². The number of hydrogen-bond acceptors (Lipinski definition) is 7. The molecule has 0 radical (unpaired) electrons. The standard InChI is InChI=1S/C55H37N5O2/c1-3-11-36(12-4-1)37-21-25-41(26-22-37)54-58-53(40-13-5-2-6-14-40)59-55(60-54)48-28-27-47(51-52(48)62-50-18-8-7-17-49(50)61-51)39-23-19-38(20-24-39)44-31-45(42-15-9-29-56-34-42)33-46(32-44)43-16-10-30-57-35-43/h1-35,49-50H. The fourth-order valence-electron chi connectivity index (χ4n) is 8.07. The van der Waals surface area contributed by atoms with Crippen molar-refractivity contribution in [1.29, 1.82) is 0 Å². The Hall–Kier alpha value is -8.29. The largest absolute Gasteiger partial charge is 0.478 e. The van der Waals surface area contributed by atoms with Crippen LogP contribution >= 0.6 is 0 Å². The first-order chi connectivity index (χ1) is 30.7. The summed E-state index contributed by atoms with van der Waals surface area (Å²) in [6, 6.07) is 56.1. The molecule has 6 aromatic carbocycles. The molecule has 3 aromatic heterocycles. The van der Waals surface area contributed by atoms with Crippen LogP contribution in [0, 0.1) is 0 Å². The van der Waals surface area contributed by atoms with Crippen molar-refractivity contribution in [2.24, 2.45) is 0 Å². The second-order valence-corrected chi connectivity index (χ2v) is 15.2. The highest BCUT2D eigenvalue weighted by Crippen LogP contribution is 2.49. The summed E-state index contributed by atoms with van der Waals surface area (Å²) >= 11 is 0. The zero-order chi connectivity index (χ0) is 41.2. The van der Waals surface area contributed by atoms with E-state index in [-0.39, 0.29) is 12.2 Å². The lowest BCUT2D eigenvalue weighted by atomic mass is 9.93. The van der Waals surface area contributed by atoms with Gasteiger partial charge in [0.1, 0.15) is 0 Å². The van der Waals surface area contributed by atoms with E-state index in [0.29, 0.717) is 29.0 Å². The third kappa shape index (κ3) is 7.22. The lowest BCUT2D eigenvalue weighted by molar-refractivity contribution is 0.0769. The maximum atomic E-state index is 6.87. The predicted octanol–water partition coefficient (Wildman–Crippen LogP) is 12.6. The highest BCUT2D eigenvalue weighted by molar-refractivity contribution is 5.85. The smallest absolute Gasteiger partial charge is 0.174 e. The highest BCUT2D eigenvalue weighted by Gasteiger charge is 2.34. The Morgan fingerprint density at radius 1 is 0.323 bits per heavy atom. The van der Waals surface area contributed by atoms with Crippen LogP contribution < -0.4 is 9.47 Å². The number of allylic oxidation sites excluding steroid dienone is 2. The second-order valence-electron chi connectivity index (χ2n) is 15.2.